The average molecular weight is 552 g/mol. The van der Waals surface area contributed by atoms with Crippen LogP contribution in [0.2, 0.25) is 5.02 Å². The largest absolute Gasteiger partial charge is 0.490 e. The van der Waals surface area contributed by atoms with Crippen LogP contribution in [0.5, 0.6) is 5.75 Å². The molecule has 0 aromatic heterocycles. The summed E-state index contributed by atoms with van der Waals surface area (Å²) in [6.07, 6.45) is 7.14. The summed E-state index contributed by atoms with van der Waals surface area (Å²) in [5.41, 5.74) is 3.11. The molecule has 1 spiro atoms. The number of benzene rings is 2. The van der Waals surface area contributed by atoms with Crippen LogP contribution >= 0.6 is 11.6 Å². The van der Waals surface area contributed by atoms with E-state index in [-0.39, 0.29) is 16.8 Å². The Morgan fingerprint density at radius 3 is 2.77 bits per heavy atom. The van der Waals surface area contributed by atoms with E-state index in [0.29, 0.717) is 24.5 Å². The third-order valence-corrected chi connectivity index (χ3v) is 9.46. The molecule has 2 aromatic carbocycles. The molecule has 3 aliphatic rings. The molecule has 1 N–H and O–H groups in total. The topological polar surface area (TPSA) is 59.0 Å². The highest BCUT2D eigenvalue weighted by Gasteiger charge is 2.49. The lowest BCUT2D eigenvalue weighted by atomic mass is 9.57. The van der Waals surface area contributed by atoms with Crippen LogP contribution in [0.1, 0.15) is 81.3 Å². The zero-order chi connectivity index (χ0) is 28.0. The lowest BCUT2D eigenvalue weighted by Gasteiger charge is -2.52. The number of aliphatic hydroxyl groups is 1. The number of carbonyl (C=O) groups excluding carboxylic acids is 1. The molecule has 2 aromatic rings. The van der Waals surface area contributed by atoms with E-state index in [0.717, 1.165) is 61.7 Å². The fourth-order valence-electron chi connectivity index (χ4n) is 6.81. The highest BCUT2D eigenvalue weighted by molar-refractivity contribution is 6.30. The van der Waals surface area contributed by atoms with Crippen molar-refractivity contribution >= 4 is 23.3 Å². The molecular formula is C33H42ClNO4. The van der Waals surface area contributed by atoms with Crippen LogP contribution < -0.4 is 9.64 Å². The molecule has 1 fully saturated rings. The van der Waals surface area contributed by atoms with Gasteiger partial charge in [-0.05, 0) is 112 Å². The third-order valence-electron chi connectivity index (χ3n) is 9.23. The van der Waals surface area contributed by atoms with Crippen molar-refractivity contribution in [3.63, 3.8) is 0 Å². The van der Waals surface area contributed by atoms with Gasteiger partial charge in [0.25, 0.3) is 0 Å². The number of halogens is 1. The number of hydrogen-bond acceptors (Lipinski definition) is 5. The highest BCUT2D eigenvalue weighted by atomic mass is 35.5. The monoisotopic (exact) mass is 551 g/mol. The van der Waals surface area contributed by atoms with Crippen LogP contribution in [-0.4, -0.2) is 42.5 Å². The van der Waals surface area contributed by atoms with E-state index in [4.69, 9.17) is 21.1 Å². The Balaban J connectivity index is 1.54. The molecule has 1 heterocycles. The predicted molar refractivity (Wildman–Crippen MR) is 157 cm³/mol. The summed E-state index contributed by atoms with van der Waals surface area (Å²) < 4.78 is 12.3. The van der Waals surface area contributed by atoms with Crippen molar-refractivity contribution in [3.8, 4) is 5.75 Å². The number of aryl methyl sites for hydroxylation is 1. The first-order valence-corrected chi connectivity index (χ1v) is 14.6. The second-order valence-corrected chi connectivity index (χ2v) is 13.5. The summed E-state index contributed by atoms with van der Waals surface area (Å²) in [4.78, 5) is 15.5. The van der Waals surface area contributed by atoms with Crippen LogP contribution in [0.3, 0.4) is 0 Å². The summed E-state index contributed by atoms with van der Waals surface area (Å²) in [6, 6.07) is 11.9. The number of fused-ring (bicyclic) bond motifs is 3. The van der Waals surface area contributed by atoms with Gasteiger partial charge in [0.15, 0.2) is 0 Å². The fraction of sp³-hybridized carbons (Fsp3) is 0.545. The zero-order valence-electron chi connectivity index (χ0n) is 23.8. The molecule has 5 rings (SSSR count). The van der Waals surface area contributed by atoms with E-state index in [1.54, 1.807) is 6.07 Å². The smallest absolute Gasteiger partial charge is 0.338 e. The molecule has 5 nitrogen and oxygen atoms in total. The fourth-order valence-corrected chi connectivity index (χ4v) is 7.01. The number of hydrogen-bond donors (Lipinski definition) is 1. The molecule has 0 unspecified atom stereocenters. The minimum absolute atomic E-state index is 0.171. The van der Waals surface area contributed by atoms with Crippen molar-refractivity contribution < 1.29 is 19.4 Å². The maximum Gasteiger partial charge on any atom is 0.338 e. The number of carbonyl (C=O) groups is 1. The second-order valence-electron chi connectivity index (χ2n) is 13.1. The molecule has 2 aliphatic carbocycles. The lowest BCUT2D eigenvalue weighted by molar-refractivity contribution is -0.0695. The van der Waals surface area contributed by atoms with Gasteiger partial charge < -0.3 is 19.5 Å². The van der Waals surface area contributed by atoms with Crippen LogP contribution in [0.25, 0.3) is 0 Å². The highest BCUT2D eigenvalue weighted by Crippen LogP contribution is 2.52. The molecule has 0 saturated heterocycles. The maximum atomic E-state index is 13.0. The molecule has 39 heavy (non-hydrogen) atoms. The van der Waals surface area contributed by atoms with Gasteiger partial charge in [-0.2, -0.15) is 0 Å². The van der Waals surface area contributed by atoms with Crippen LogP contribution in [0, 0.1) is 11.3 Å². The first-order chi connectivity index (χ1) is 18.4. The first-order valence-electron chi connectivity index (χ1n) is 14.3. The summed E-state index contributed by atoms with van der Waals surface area (Å²) in [5.74, 6) is 0.763. The molecule has 0 radical (unpaired) electrons. The van der Waals surface area contributed by atoms with Gasteiger partial charge in [0.05, 0.1) is 24.0 Å². The summed E-state index contributed by atoms with van der Waals surface area (Å²) >= 11 is 6.40. The predicted octanol–water partition coefficient (Wildman–Crippen LogP) is 7.12. The number of rotatable bonds is 6. The standard InChI is InChI=1S/C33H42ClNO4/c1-6-8-29(36)32(5)16-14-24(32)19-35-20-33(15-7-9-22-17-25(34)11-12-26(22)33)21-38-28-13-10-23(18-27(28)35)30(37)39-31(2,3)4/h6,10-13,17-18,24,29,36H,1,7-9,14-16,19-21H2,2-5H3/t24-,29-,32+,33-/m0/s1. The molecule has 0 amide bonds. The molecule has 1 saturated carbocycles. The number of anilines is 1. The van der Waals surface area contributed by atoms with Gasteiger partial charge in [-0.25, -0.2) is 4.79 Å². The van der Waals surface area contributed by atoms with Crippen LogP contribution in [0.4, 0.5) is 5.69 Å². The molecule has 6 heteroatoms. The van der Waals surface area contributed by atoms with E-state index >= 15 is 0 Å². The molecule has 4 atom stereocenters. The molecule has 0 bridgehead atoms. The SMILES string of the molecule is C=CC[C@H](O)[C@]1(C)CC[C@H]1CN1C[C@@]2(CCCc3cc(Cl)ccc32)COc2ccc(C(=O)OC(C)(C)C)cc21. The lowest BCUT2D eigenvalue weighted by Crippen LogP contribution is -2.53. The number of nitrogens with zero attached hydrogens (tertiary/aromatic N) is 1. The van der Waals surface area contributed by atoms with E-state index in [1.807, 2.05) is 45.0 Å². The number of esters is 1. The van der Waals surface area contributed by atoms with Gasteiger partial charge in [-0.1, -0.05) is 30.7 Å². The summed E-state index contributed by atoms with van der Waals surface area (Å²) in [7, 11) is 0. The first kappa shape index (κ1) is 28.0. The van der Waals surface area contributed by atoms with Gasteiger partial charge in [-0.3, -0.25) is 0 Å². The van der Waals surface area contributed by atoms with Gasteiger partial charge in [0.1, 0.15) is 11.4 Å². The van der Waals surface area contributed by atoms with Crippen molar-refractivity contribution in [1.29, 1.82) is 0 Å². The van der Waals surface area contributed by atoms with Gasteiger partial charge in [0.2, 0.25) is 0 Å². The molecule has 210 valence electrons. The molecule has 1 aliphatic heterocycles. The van der Waals surface area contributed by atoms with Crippen molar-refractivity contribution in [2.75, 3.05) is 24.6 Å². The Bertz CT molecular complexity index is 1250. The average Bonchev–Trinajstić information content (AvgIpc) is 3.02. The summed E-state index contributed by atoms with van der Waals surface area (Å²) in [6.45, 7) is 13.8. The Hall–Kier alpha value is -2.50. The van der Waals surface area contributed by atoms with Crippen molar-refractivity contribution in [3.05, 3.63) is 70.8 Å². The number of aliphatic hydroxyl groups excluding tert-OH is 1. The van der Waals surface area contributed by atoms with Crippen LogP contribution in [-0.2, 0) is 16.6 Å². The van der Waals surface area contributed by atoms with Crippen molar-refractivity contribution in [2.45, 2.75) is 83.3 Å². The molecular weight excluding hydrogens is 510 g/mol. The quantitative estimate of drug-likeness (QED) is 0.306. The third kappa shape index (κ3) is 5.45. The van der Waals surface area contributed by atoms with Gasteiger partial charge >= 0.3 is 5.97 Å². The Labute approximate surface area is 238 Å². The van der Waals surface area contributed by atoms with E-state index in [2.05, 4.69) is 30.5 Å². The summed E-state index contributed by atoms with van der Waals surface area (Å²) in [5, 5.41) is 11.8. The Morgan fingerprint density at radius 2 is 2.08 bits per heavy atom. The Kier molecular flexibility index (Phi) is 7.54. The van der Waals surface area contributed by atoms with E-state index in [9.17, 15) is 9.90 Å². The second kappa shape index (κ2) is 10.5. The van der Waals surface area contributed by atoms with Crippen molar-refractivity contribution in [1.82, 2.24) is 0 Å². The van der Waals surface area contributed by atoms with Crippen molar-refractivity contribution in [2.24, 2.45) is 11.3 Å². The normalized spacial score (nSPS) is 26.9. The maximum absolute atomic E-state index is 13.0. The van der Waals surface area contributed by atoms with Crippen LogP contribution in [0.15, 0.2) is 49.1 Å². The Morgan fingerprint density at radius 1 is 1.28 bits per heavy atom. The zero-order valence-corrected chi connectivity index (χ0v) is 24.5. The number of ether oxygens (including phenoxy) is 2. The van der Waals surface area contributed by atoms with E-state index in [1.165, 1.54) is 11.1 Å². The van der Waals surface area contributed by atoms with Gasteiger partial charge in [0, 0.05) is 23.5 Å². The minimum Gasteiger partial charge on any atom is -0.490 e. The van der Waals surface area contributed by atoms with Gasteiger partial charge in [-0.15, -0.1) is 6.58 Å². The minimum atomic E-state index is -0.577. The van der Waals surface area contributed by atoms with E-state index < -0.39 is 11.7 Å².